The van der Waals surface area contributed by atoms with Crippen molar-refractivity contribution in [3.63, 3.8) is 0 Å². The summed E-state index contributed by atoms with van der Waals surface area (Å²) in [7, 11) is -1.37. The number of likely N-dealkylation sites (tertiary alicyclic amines) is 1. The first kappa shape index (κ1) is 16.3. The minimum atomic E-state index is -3.44. The van der Waals surface area contributed by atoms with Crippen molar-refractivity contribution in [1.82, 2.24) is 9.62 Å². The van der Waals surface area contributed by atoms with Gasteiger partial charge in [-0.25, -0.2) is 13.1 Å². The monoisotopic (exact) mass is 311 g/mol. The van der Waals surface area contributed by atoms with E-state index in [-0.39, 0.29) is 6.04 Å². The predicted octanol–water partition coefficient (Wildman–Crippen LogP) is 1.74. The molecule has 0 bridgehead atoms. The third-order valence-corrected chi connectivity index (χ3v) is 5.47. The van der Waals surface area contributed by atoms with Crippen LogP contribution in [0.4, 0.5) is 5.69 Å². The molecule has 1 heterocycles. The number of nitrogens with zero attached hydrogens (tertiary/aromatic N) is 1. The fourth-order valence-electron chi connectivity index (χ4n) is 2.75. The minimum Gasteiger partial charge on any atom is -0.385 e. The Kier molecular flexibility index (Phi) is 5.24. The highest BCUT2D eigenvalue weighted by molar-refractivity contribution is 7.89. The van der Waals surface area contributed by atoms with Gasteiger partial charge in [-0.1, -0.05) is 6.92 Å². The van der Waals surface area contributed by atoms with Gasteiger partial charge in [-0.2, -0.15) is 0 Å². The van der Waals surface area contributed by atoms with E-state index in [2.05, 4.69) is 28.9 Å². The molecule has 1 aromatic rings. The summed E-state index contributed by atoms with van der Waals surface area (Å²) in [6.07, 6.45) is 0.854. The van der Waals surface area contributed by atoms with E-state index in [1.807, 2.05) is 6.92 Å². The first-order valence-electron chi connectivity index (χ1n) is 7.47. The molecule has 1 aromatic carbocycles. The van der Waals surface area contributed by atoms with Crippen LogP contribution in [-0.2, 0) is 10.0 Å². The van der Waals surface area contributed by atoms with Gasteiger partial charge in [0, 0.05) is 24.8 Å². The molecule has 0 aromatic heterocycles. The molecule has 0 amide bonds. The largest absolute Gasteiger partial charge is 0.385 e. The zero-order valence-corrected chi connectivity index (χ0v) is 13.8. The van der Waals surface area contributed by atoms with E-state index in [1.54, 1.807) is 24.3 Å². The van der Waals surface area contributed by atoms with Gasteiger partial charge in [-0.05, 0) is 57.1 Å². The SMILES string of the molecule is CCNc1ccc(S(=O)(=O)NC2CCN(C)CC2C)cc1. The van der Waals surface area contributed by atoms with E-state index < -0.39 is 10.0 Å². The van der Waals surface area contributed by atoms with Crippen LogP contribution in [0.3, 0.4) is 0 Å². The van der Waals surface area contributed by atoms with Gasteiger partial charge in [0.2, 0.25) is 10.0 Å². The molecule has 0 aliphatic carbocycles. The molecule has 0 radical (unpaired) electrons. The van der Waals surface area contributed by atoms with E-state index >= 15 is 0 Å². The van der Waals surface area contributed by atoms with E-state index in [9.17, 15) is 8.42 Å². The number of sulfonamides is 1. The van der Waals surface area contributed by atoms with Gasteiger partial charge in [-0.15, -0.1) is 0 Å². The first-order valence-corrected chi connectivity index (χ1v) is 8.95. The van der Waals surface area contributed by atoms with Gasteiger partial charge in [0.15, 0.2) is 0 Å². The lowest BCUT2D eigenvalue weighted by molar-refractivity contribution is 0.188. The third kappa shape index (κ3) is 4.18. The van der Waals surface area contributed by atoms with Crippen LogP contribution in [0.1, 0.15) is 20.3 Å². The molecule has 2 N–H and O–H groups in total. The van der Waals surface area contributed by atoms with Gasteiger partial charge in [0.05, 0.1) is 4.90 Å². The quantitative estimate of drug-likeness (QED) is 0.869. The number of hydrogen-bond acceptors (Lipinski definition) is 4. The van der Waals surface area contributed by atoms with Crippen molar-refractivity contribution in [2.24, 2.45) is 5.92 Å². The lowest BCUT2D eigenvalue weighted by Gasteiger charge is -2.34. The molecule has 118 valence electrons. The zero-order valence-electron chi connectivity index (χ0n) is 13.0. The molecule has 0 saturated carbocycles. The maximum Gasteiger partial charge on any atom is 0.240 e. The van der Waals surface area contributed by atoms with E-state index in [1.165, 1.54) is 0 Å². The van der Waals surface area contributed by atoms with Gasteiger partial charge >= 0.3 is 0 Å². The summed E-state index contributed by atoms with van der Waals surface area (Å²) in [4.78, 5) is 2.57. The third-order valence-electron chi connectivity index (χ3n) is 3.96. The van der Waals surface area contributed by atoms with E-state index in [0.29, 0.717) is 10.8 Å². The predicted molar refractivity (Wildman–Crippen MR) is 86.0 cm³/mol. The second kappa shape index (κ2) is 6.77. The first-order chi connectivity index (χ1) is 9.92. The van der Waals surface area contributed by atoms with Crippen LogP contribution >= 0.6 is 0 Å². The highest BCUT2D eigenvalue weighted by Gasteiger charge is 2.28. The Morgan fingerprint density at radius 3 is 2.52 bits per heavy atom. The minimum absolute atomic E-state index is 0.0136. The molecule has 1 aliphatic heterocycles. The summed E-state index contributed by atoms with van der Waals surface area (Å²) in [5.41, 5.74) is 0.934. The molecule has 1 saturated heterocycles. The van der Waals surface area contributed by atoms with Crippen molar-refractivity contribution in [1.29, 1.82) is 0 Å². The fraction of sp³-hybridized carbons (Fsp3) is 0.600. The van der Waals surface area contributed by atoms with Crippen molar-refractivity contribution >= 4 is 15.7 Å². The summed E-state index contributed by atoms with van der Waals surface area (Å²) in [5.74, 6) is 0.319. The van der Waals surface area contributed by atoms with Crippen LogP contribution in [0.2, 0.25) is 0 Å². The lowest BCUT2D eigenvalue weighted by Crippen LogP contribution is -2.48. The number of piperidine rings is 1. The Morgan fingerprint density at radius 1 is 1.29 bits per heavy atom. The fourth-order valence-corrected chi connectivity index (χ4v) is 4.13. The molecular weight excluding hydrogens is 286 g/mol. The van der Waals surface area contributed by atoms with Crippen LogP contribution in [0, 0.1) is 5.92 Å². The van der Waals surface area contributed by atoms with Gasteiger partial charge in [0.1, 0.15) is 0 Å². The Bertz CT molecular complexity index is 557. The maximum atomic E-state index is 12.5. The van der Waals surface area contributed by atoms with Crippen LogP contribution in [0.25, 0.3) is 0 Å². The molecular formula is C15H25N3O2S. The van der Waals surface area contributed by atoms with Crippen molar-refractivity contribution in [3.05, 3.63) is 24.3 Å². The van der Waals surface area contributed by atoms with Crippen molar-refractivity contribution in [2.75, 3.05) is 32.0 Å². The van der Waals surface area contributed by atoms with Crippen LogP contribution < -0.4 is 10.0 Å². The average molecular weight is 311 g/mol. The summed E-state index contributed by atoms with van der Waals surface area (Å²) < 4.78 is 27.8. The molecule has 1 fully saturated rings. The Morgan fingerprint density at radius 2 is 1.95 bits per heavy atom. The maximum absolute atomic E-state index is 12.5. The van der Waals surface area contributed by atoms with Gasteiger partial charge < -0.3 is 10.2 Å². The number of benzene rings is 1. The number of rotatable bonds is 5. The summed E-state index contributed by atoms with van der Waals surface area (Å²) in [5, 5.41) is 3.16. The standard InChI is InChI=1S/C15H25N3O2S/c1-4-16-13-5-7-14(8-6-13)21(19,20)17-15-9-10-18(3)11-12(15)2/h5-8,12,15-17H,4,9-11H2,1-3H3. The van der Waals surface area contributed by atoms with Crippen molar-refractivity contribution in [3.8, 4) is 0 Å². The smallest absolute Gasteiger partial charge is 0.240 e. The van der Waals surface area contributed by atoms with E-state index in [0.717, 1.165) is 31.7 Å². The molecule has 2 rings (SSSR count). The summed E-state index contributed by atoms with van der Waals surface area (Å²) >= 11 is 0. The zero-order chi connectivity index (χ0) is 15.5. The highest BCUT2D eigenvalue weighted by atomic mass is 32.2. The Labute approximate surface area is 127 Å². The normalized spacial score (nSPS) is 24.0. The topological polar surface area (TPSA) is 61.4 Å². The lowest BCUT2D eigenvalue weighted by atomic mass is 9.95. The molecule has 0 spiro atoms. The van der Waals surface area contributed by atoms with Crippen molar-refractivity contribution < 1.29 is 8.42 Å². The van der Waals surface area contributed by atoms with Gasteiger partial charge in [-0.3, -0.25) is 0 Å². The van der Waals surface area contributed by atoms with Crippen LogP contribution in [0.5, 0.6) is 0 Å². The molecule has 2 unspecified atom stereocenters. The molecule has 1 aliphatic rings. The van der Waals surface area contributed by atoms with Crippen LogP contribution in [0.15, 0.2) is 29.2 Å². The second-order valence-electron chi connectivity index (χ2n) is 5.81. The Balaban J connectivity index is 2.07. The number of nitrogens with one attached hydrogen (secondary N) is 2. The Hall–Kier alpha value is -1.11. The van der Waals surface area contributed by atoms with Gasteiger partial charge in [0.25, 0.3) is 0 Å². The summed E-state index contributed by atoms with van der Waals surface area (Å²) in [6, 6.07) is 6.92. The molecule has 21 heavy (non-hydrogen) atoms. The molecule has 6 heteroatoms. The highest BCUT2D eigenvalue weighted by Crippen LogP contribution is 2.19. The molecule has 2 atom stereocenters. The number of hydrogen-bond donors (Lipinski definition) is 2. The average Bonchev–Trinajstić information content (AvgIpc) is 2.43. The number of anilines is 1. The summed E-state index contributed by atoms with van der Waals surface area (Å²) in [6.45, 7) is 6.77. The van der Waals surface area contributed by atoms with Crippen LogP contribution in [-0.4, -0.2) is 46.0 Å². The van der Waals surface area contributed by atoms with Crippen molar-refractivity contribution in [2.45, 2.75) is 31.2 Å². The molecule has 5 nitrogen and oxygen atoms in total. The van der Waals surface area contributed by atoms with E-state index in [4.69, 9.17) is 0 Å². The second-order valence-corrected chi connectivity index (χ2v) is 7.52.